The Kier molecular flexibility index (Phi) is 5.48. The lowest BCUT2D eigenvalue weighted by atomic mass is 10.1. The first kappa shape index (κ1) is 19.2. The molecule has 2 aliphatic rings. The summed E-state index contributed by atoms with van der Waals surface area (Å²) in [6.07, 6.45) is 3.23. The quantitative estimate of drug-likeness (QED) is 0.697. The summed E-state index contributed by atoms with van der Waals surface area (Å²) in [5, 5.41) is 10.7. The van der Waals surface area contributed by atoms with E-state index in [1.165, 1.54) is 0 Å². The third kappa shape index (κ3) is 4.09. The van der Waals surface area contributed by atoms with Crippen molar-refractivity contribution in [1.82, 2.24) is 19.8 Å². The maximum Gasteiger partial charge on any atom is 0.226 e. The van der Waals surface area contributed by atoms with Crippen LogP contribution < -0.4 is 4.90 Å². The molecule has 2 aliphatic heterocycles. The Morgan fingerprint density at radius 1 is 0.967 bits per heavy atom. The highest BCUT2D eigenvalue weighted by atomic mass is 16.3. The van der Waals surface area contributed by atoms with Crippen LogP contribution in [0.5, 0.6) is 0 Å². The van der Waals surface area contributed by atoms with Gasteiger partial charge in [-0.3, -0.25) is 9.80 Å². The van der Waals surface area contributed by atoms with Crippen molar-refractivity contribution in [3.8, 4) is 11.5 Å². The number of aliphatic hydroxyl groups is 1. The van der Waals surface area contributed by atoms with Crippen LogP contribution in [0.1, 0.15) is 5.69 Å². The van der Waals surface area contributed by atoms with E-state index >= 15 is 0 Å². The number of β-amino-alcohol motifs (C(OH)–C–C–N with tert-alkyl or cyclic N) is 1. The molecule has 2 fully saturated rings. The van der Waals surface area contributed by atoms with Crippen LogP contribution in [0.2, 0.25) is 0 Å². The zero-order valence-corrected chi connectivity index (χ0v) is 17.0. The van der Waals surface area contributed by atoms with Crippen LogP contribution in [0.4, 0.5) is 5.82 Å². The molecule has 7 nitrogen and oxygen atoms in total. The fraction of sp³-hybridized carbons (Fsp3) is 0.391. The van der Waals surface area contributed by atoms with Crippen molar-refractivity contribution in [3.05, 3.63) is 66.7 Å². The molecule has 2 saturated heterocycles. The molecule has 2 atom stereocenters. The number of hydrogen-bond donors (Lipinski definition) is 1. The summed E-state index contributed by atoms with van der Waals surface area (Å²) in [6.45, 7) is 5.95. The number of pyridine rings is 1. The lowest BCUT2D eigenvalue weighted by molar-refractivity contribution is 0.0790. The van der Waals surface area contributed by atoms with E-state index in [1.807, 2.05) is 48.7 Å². The van der Waals surface area contributed by atoms with Gasteiger partial charge < -0.3 is 14.4 Å². The van der Waals surface area contributed by atoms with Crippen molar-refractivity contribution in [3.63, 3.8) is 0 Å². The summed E-state index contributed by atoms with van der Waals surface area (Å²) in [7, 11) is 0. The summed E-state index contributed by atoms with van der Waals surface area (Å²) >= 11 is 0. The van der Waals surface area contributed by atoms with Gasteiger partial charge in [0.25, 0.3) is 0 Å². The highest BCUT2D eigenvalue weighted by molar-refractivity contribution is 5.52. The minimum atomic E-state index is -0.341. The predicted molar refractivity (Wildman–Crippen MR) is 115 cm³/mol. The minimum absolute atomic E-state index is 0.163. The van der Waals surface area contributed by atoms with Gasteiger partial charge in [-0.1, -0.05) is 24.3 Å². The second-order valence-electron chi connectivity index (χ2n) is 8.05. The number of nitrogens with zero attached hydrogens (tertiary/aromatic N) is 5. The summed E-state index contributed by atoms with van der Waals surface area (Å²) in [6, 6.07) is 16.1. The number of aliphatic hydroxyl groups excluding tert-OH is 1. The number of oxazole rings is 1. The Balaban J connectivity index is 1.17. The van der Waals surface area contributed by atoms with Gasteiger partial charge in [0.15, 0.2) is 0 Å². The first-order valence-corrected chi connectivity index (χ1v) is 10.6. The molecule has 30 heavy (non-hydrogen) atoms. The molecular formula is C23H27N5O2. The molecule has 0 aliphatic carbocycles. The first-order valence-electron chi connectivity index (χ1n) is 10.6. The van der Waals surface area contributed by atoms with Crippen molar-refractivity contribution < 1.29 is 9.52 Å². The van der Waals surface area contributed by atoms with Gasteiger partial charge in [0, 0.05) is 63.6 Å². The SMILES string of the molecule is O[C@@H]1CN(Cc2coc(-c3ccccc3)n2)C[C@H]1N1CCN(c2ccccn2)CC1. The molecule has 5 rings (SSSR count). The molecule has 7 heteroatoms. The zero-order valence-electron chi connectivity index (χ0n) is 17.0. The van der Waals surface area contributed by atoms with Gasteiger partial charge in [0.05, 0.1) is 11.8 Å². The van der Waals surface area contributed by atoms with Crippen LogP contribution in [-0.4, -0.2) is 76.3 Å². The molecule has 1 N–H and O–H groups in total. The molecule has 156 valence electrons. The Labute approximate surface area is 176 Å². The predicted octanol–water partition coefficient (Wildman–Crippen LogP) is 2.10. The molecule has 0 unspecified atom stereocenters. The van der Waals surface area contributed by atoms with Gasteiger partial charge >= 0.3 is 0 Å². The van der Waals surface area contributed by atoms with E-state index in [0.717, 1.165) is 49.8 Å². The van der Waals surface area contributed by atoms with Crippen molar-refractivity contribution in [2.24, 2.45) is 0 Å². The Hall–Kier alpha value is -2.74. The van der Waals surface area contributed by atoms with Gasteiger partial charge in [-0.2, -0.15) is 0 Å². The van der Waals surface area contributed by atoms with Gasteiger partial charge in [0.1, 0.15) is 12.1 Å². The summed E-state index contributed by atoms with van der Waals surface area (Å²) in [5.74, 6) is 1.68. The number of likely N-dealkylation sites (tertiary alicyclic amines) is 1. The maximum absolute atomic E-state index is 10.7. The number of aromatic nitrogens is 2. The molecular weight excluding hydrogens is 378 g/mol. The zero-order chi connectivity index (χ0) is 20.3. The first-order chi connectivity index (χ1) is 14.8. The second kappa shape index (κ2) is 8.55. The molecule has 3 aromatic rings. The highest BCUT2D eigenvalue weighted by Gasteiger charge is 2.37. The normalized spacial score (nSPS) is 23.2. The summed E-state index contributed by atoms with van der Waals surface area (Å²) in [5.41, 5.74) is 1.88. The monoisotopic (exact) mass is 405 g/mol. The summed E-state index contributed by atoms with van der Waals surface area (Å²) in [4.78, 5) is 16.1. The van der Waals surface area contributed by atoms with E-state index in [1.54, 1.807) is 6.26 Å². The number of benzene rings is 1. The second-order valence-corrected chi connectivity index (χ2v) is 8.05. The molecule has 0 bridgehead atoms. The molecule has 0 radical (unpaired) electrons. The van der Waals surface area contributed by atoms with Gasteiger partial charge in [-0.25, -0.2) is 9.97 Å². The standard InChI is InChI=1S/C23H27N5O2/c29-21-16-26(14-19-17-30-23(25-19)18-6-2-1-3-7-18)15-20(21)27-10-12-28(13-11-27)22-8-4-5-9-24-22/h1-9,17,20-21,29H,10-16H2/t20-,21-/m1/s1. The smallest absolute Gasteiger partial charge is 0.226 e. The highest BCUT2D eigenvalue weighted by Crippen LogP contribution is 2.23. The van der Waals surface area contributed by atoms with Gasteiger partial charge in [-0.05, 0) is 24.3 Å². The average molecular weight is 406 g/mol. The number of rotatable bonds is 5. The fourth-order valence-electron chi connectivity index (χ4n) is 4.48. The number of anilines is 1. The number of hydrogen-bond acceptors (Lipinski definition) is 7. The Morgan fingerprint density at radius 3 is 2.53 bits per heavy atom. The molecule has 4 heterocycles. The van der Waals surface area contributed by atoms with E-state index < -0.39 is 0 Å². The van der Waals surface area contributed by atoms with Gasteiger partial charge in [0.2, 0.25) is 5.89 Å². The van der Waals surface area contributed by atoms with Crippen molar-refractivity contribution >= 4 is 5.82 Å². The van der Waals surface area contributed by atoms with E-state index in [0.29, 0.717) is 19.0 Å². The average Bonchev–Trinajstić information content (AvgIpc) is 3.42. The van der Waals surface area contributed by atoms with E-state index in [4.69, 9.17) is 4.42 Å². The molecule has 0 spiro atoms. The molecule has 0 amide bonds. The van der Waals surface area contributed by atoms with Crippen LogP contribution in [0, 0.1) is 0 Å². The topological polar surface area (TPSA) is 68.9 Å². The number of piperazine rings is 1. The molecule has 1 aromatic carbocycles. The fourth-order valence-corrected chi connectivity index (χ4v) is 4.48. The third-order valence-corrected chi connectivity index (χ3v) is 6.05. The van der Waals surface area contributed by atoms with E-state index in [2.05, 4.69) is 30.7 Å². The maximum atomic E-state index is 10.7. The van der Waals surface area contributed by atoms with Crippen molar-refractivity contribution in [2.75, 3.05) is 44.2 Å². The Morgan fingerprint density at radius 2 is 1.77 bits per heavy atom. The van der Waals surface area contributed by atoms with Crippen LogP contribution in [0.15, 0.2) is 65.4 Å². The van der Waals surface area contributed by atoms with Crippen LogP contribution in [0.3, 0.4) is 0 Å². The lowest BCUT2D eigenvalue weighted by Gasteiger charge is -2.39. The van der Waals surface area contributed by atoms with Crippen LogP contribution in [0.25, 0.3) is 11.5 Å². The van der Waals surface area contributed by atoms with E-state index in [-0.39, 0.29) is 12.1 Å². The largest absolute Gasteiger partial charge is 0.444 e. The summed E-state index contributed by atoms with van der Waals surface area (Å²) < 4.78 is 5.66. The molecule has 2 aromatic heterocycles. The third-order valence-electron chi connectivity index (χ3n) is 6.05. The Bertz CT molecular complexity index is 940. The molecule has 0 saturated carbocycles. The van der Waals surface area contributed by atoms with E-state index in [9.17, 15) is 5.11 Å². The van der Waals surface area contributed by atoms with Crippen LogP contribution in [-0.2, 0) is 6.54 Å². The minimum Gasteiger partial charge on any atom is -0.444 e. The van der Waals surface area contributed by atoms with Crippen LogP contribution >= 0.6 is 0 Å². The van der Waals surface area contributed by atoms with Crippen molar-refractivity contribution in [2.45, 2.75) is 18.7 Å². The van der Waals surface area contributed by atoms with Gasteiger partial charge in [-0.15, -0.1) is 0 Å². The van der Waals surface area contributed by atoms with Crippen molar-refractivity contribution in [1.29, 1.82) is 0 Å². The lowest BCUT2D eigenvalue weighted by Crippen LogP contribution is -2.53.